The molecule has 1 amide bonds. The van der Waals surface area contributed by atoms with Crippen molar-refractivity contribution in [1.29, 1.82) is 0 Å². The van der Waals surface area contributed by atoms with Crippen LogP contribution in [0.1, 0.15) is 54.4 Å². The average molecular weight is 199 g/mol. The van der Waals surface area contributed by atoms with Crippen LogP contribution in [0.4, 0.5) is 0 Å². The lowest BCUT2D eigenvalue weighted by Gasteiger charge is -2.37. The Balaban J connectivity index is 4.51. The van der Waals surface area contributed by atoms with E-state index in [1.54, 1.807) is 0 Å². The molecule has 14 heavy (non-hydrogen) atoms. The minimum atomic E-state index is 0.175. The molecule has 1 unspecified atom stereocenters. The molecule has 2 heteroatoms. The highest BCUT2D eigenvalue weighted by atomic mass is 16.1. The normalized spacial score (nSPS) is 15.0. The Kier molecular flexibility index (Phi) is 4.63. The van der Waals surface area contributed by atoms with E-state index in [-0.39, 0.29) is 16.9 Å². The lowest BCUT2D eigenvalue weighted by atomic mass is 9.74. The van der Waals surface area contributed by atoms with Crippen molar-refractivity contribution in [1.82, 2.24) is 5.32 Å². The molecule has 0 spiro atoms. The number of rotatable bonds is 5. The molecule has 0 heterocycles. The van der Waals surface area contributed by atoms with Crippen molar-refractivity contribution in [2.75, 3.05) is 0 Å². The van der Waals surface area contributed by atoms with E-state index in [2.05, 4.69) is 46.9 Å². The number of nitrogens with one attached hydrogen (secondary N) is 1. The highest BCUT2D eigenvalue weighted by molar-refractivity contribution is 5.46. The molecule has 0 radical (unpaired) electrons. The van der Waals surface area contributed by atoms with Gasteiger partial charge >= 0.3 is 0 Å². The zero-order valence-corrected chi connectivity index (χ0v) is 10.5. The fraction of sp³-hybridized carbons (Fsp3) is 0.917. The van der Waals surface area contributed by atoms with Crippen LogP contribution < -0.4 is 5.32 Å². The molecule has 1 N–H and O–H groups in total. The van der Waals surface area contributed by atoms with Crippen molar-refractivity contribution in [2.24, 2.45) is 10.8 Å². The molecular formula is C12H25NO. The van der Waals surface area contributed by atoms with Crippen molar-refractivity contribution >= 4 is 6.41 Å². The van der Waals surface area contributed by atoms with Gasteiger partial charge in [0.05, 0.1) is 0 Å². The first kappa shape index (κ1) is 13.5. The summed E-state index contributed by atoms with van der Waals surface area (Å²) in [6, 6.07) is 0.269. The van der Waals surface area contributed by atoms with Gasteiger partial charge in [-0.25, -0.2) is 0 Å². The zero-order valence-electron chi connectivity index (χ0n) is 10.5. The molecule has 0 bridgehead atoms. The Hall–Kier alpha value is -0.530. The van der Waals surface area contributed by atoms with Crippen molar-refractivity contribution in [3.8, 4) is 0 Å². The number of carbonyl (C=O) groups excluding carboxylic acids is 1. The van der Waals surface area contributed by atoms with Crippen molar-refractivity contribution in [3.05, 3.63) is 0 Å². The van der Waals surface area contributed by atoms with E-state index in [4.69, 9.17) is 0 Å². The number of hydrogen-bond donors (Lipinski definition) is 1. The minimum absolute atomic E-state index is 0.175. The summed E-state index contributed by atoms with van der Waals surface area (Å²) in [7, 11) is 0. The predicted molar refractivity (Wildman–Crippen MR) is 61.1 cm³/mol. The monoisotopic (exact) mass is 199 g/mol. The van der Waals surface area contributed by atoms with Gasteiger partial charge in [-0.15, -0.1) is 0 Å². The molecule has 0 aromatic carbocycles. The molecule has 84 valence electrons. The van der Waals surface area contributed by atoms with E-state index in [1.165, 1.54) is 0 Å². The van der Waals surface area contributed by atoms with Crippen molar-refractivity contribution in [2.45, 2.75) is 60.4 Å². The number of carbonyl (C=O) groups is 1. The van der Waals surface area contributed by atoms with Gasteiger partial charge in [0.1, 0.15) is 0 Å². The number of hydrogen-bond acceptors (Lipinski definition) is 1. The van der Waals surface area contributed by atoms with E-state index < -0.39 is 0 Å². The topological polar surface area (TPSA) is 29.1 Å². The largest absolute Gasteiger partial charge is 0.355 e. The first-order valence-electron chi connectivity index (χ1n) is 5.42. The highest BCUT2D eigenvalue weighted by Gasteiger charge is 2.30. The van der Waals surface area contributed by atoms with Gasteiger partial charge < -0.3 is 5.32 Å². The molecule has 0 aliphatic carbocycles. The SMILES string of the molecule is CCC(C)(C)C(CC(C)(C)C)NC=O. The molecule has 0 aromatic rings. The highest BCUT2D eigenvalue weighted by Crippen LogP contribution is 2.32. The third-order valence-electron chi connectivity index (χ3n) is 2.94. The summed E-state index contributed by atoms with van der Waals surface area (Å²) in [6.07, 6.45) is 2.93. The Morgan fingerprint density at radius 3 is 2.00 bits per heavy atom. The molecule has 2 nitrogen and oxygen atoms in total. The smallest absolute Gasteiger partial charge is 0.207 e. The van der Waals surface area contributed by atoms with Crippen LogP contribution in [0.3, 0.4) is 0 Å². The van der Waals surface area contributed by atoms with Crippen LogP contribution in [0.5, 0.6) is 0 Å². The van der Waals surface area contributed by atoms with Gasteiger partial charge in [-0.2, -0.15) is 0 Å². The first-order valence-corrected chi connectivity index (χ1v) is 5.42. The summed E-state index contributed by atoms with van der Waals surface area (Å²) in [4.78, 5) is 10.6. The fourth-order valence-electron chi connectivity index (χ4n) is 1.50. The van der Waals surface area contributed by atoms with E-state index >= 15 is 0 Å². The van der Waals surface area contributed by atoms with Gasteiger partial charge in [-0.3, -0.25) is 4.79 Å². The van der Waals surface area contributed by atoms with Gasteiger partial charge in [0.25, 0.3) is 0 Å². The van der Waals surface area contributed by atoms with E-state index in [0.717, 1.165) is 19.3 Å². The standard InChI is InChI=1S/C12H25NO/c1-7-12(5,6)10(13-9-14)8-11(2,3)4/h9-10H,7-8H2,1-6H3,(H,13,14). The average Bonchev–Trinajstić information content (AvgIpc) is 2.01. The lowest BCUT2D eigenvalue weighted by Crippen LogP contribution is -2.43. The Morgan fingerprint density at radius 1 is 1.21 bits per heavy atom. The molecule has 0 saturated carbocycles. The fourth-order valence-corrected chi connectivity index (χ4v) is 1.50. The molecule has 0 aliphatic rings. The maximum Gasteiger partial charge on any atom is 0.207 e. The second-order valence-corrected chi connectivity index (χ2v) is 5.94. The number of amides is 1. The maximum absolute atomic E-state index is 10.6. The van der Waals surface area contributed by atoms with E-state index in [9.17, 15) is 4.79 Å². The maximum atomic E-state index is 10.6. The van der Waals surface area contributed by atoms with Gasteiger partial charge in [0.2, 0.25) is 6.41 Å². The summed E-state index contributed by atoms with van der Waals surface area (Å²) in [6.45, 7) is 13.2. The zero-order chi connectivity index (χ0) is 11.4. The minimum Gasteiger partial charge on any atom is -0.355 e. The Bertz CT molecular complexity index is 179. The predicted octanol–water partition coefficient (Wildman–Crippen LogP) is 2.97. The second-order valence-electron chi connectivity index (χ2n) is 5.94. The Labute approximate surface area is 88.5 Å². The van der Waals surface area contributed by atoms with Crippen LogP contribution >= 0.6 is 0 Å². The molecule has 1 atom stereocenters. The van der Waals surface area contributed by atoms with E-state index in [0.29, 0.717) is 0 Å². The van der Waals surface area contributed by atoms with E-state index in [1.807, 2.05) is 0 Å². The quantitative estimate of drug-likeness (QED) is 0.678. The van der Waals surface area contributed by atoms with Crippen LogP contribution in [0, 0.1) is 10.8 Å². The van der Waals surface area contributed by atoms with Crippen molar-refractivity contribution in [3.63, 3.8) is 0 Å². The summed E-state index contributed by atoms with van der Waals surface area (Å²) in [5.41, 5.74) is 0.432. The molecule has 0 aliphatic heterocycles. The van der Waals surface area contributed by atoms with Gasteiger partial charge in [-0.1, -0.05) is 41.5 Å². The summed E-state index contributed by atoms with van der Waals surface area (Å²) >= 11 is 0. The van der Waals surface area contributed by atoms with Crippen LogP contribution in [-0.2, 0) is 4.79 Å². The lowest BCUT2D eigenvalue weighted by molar-refractivity contribution is -0.111. The third-order valence-corrected chi connectivity index (χ3v) is 2.94. The van der Waals surface area contributed by atoms with Gasteiger partial charge in [0.15, 0.2) is 0 Å². The summed E-state index contributed by atoms with van der Waals surface area (Å²) in [5, 5.41) is 2.95. The van der Waals surface area contributed by atoms with Gasteiger partial charge in [-0.05, 0) is 23.7 Å². The second kappa shape index (κ2) is 4.81. The van der Waals surface area contributed by atoms with Crippen LogP contribution in [-0.4, -0.2) is 12.5 Å². The van der Waals surface area contributed by atoms with Crippen LogP contribution in [0.25, 0.3) is 0 Å². The molecule has 0 aromatic heterocycles. The third kappa shape index (κ3) is 4.64. The molecule has 0 saturated heterocycles. The van der Waals surface area contributed by atoms with Crippen LogP contribution in [0.15, 0.2) is 0 Å². The Morgan fingerprint density at radius 2 is 1.71 bits per heavy atom. The molecule has 0 fully saturated rings. The van der Waals surface area contributed by atoms with Gasteiger partial charge in [0, 0.05) is 6.04 Å². The first-order chi connectivity index (χ1) is 6.23. The molecule has 0 rings (SSSR count). The molecular weight excluding hydrogens is 174 g/mol. The summed E-state index contributed by atoms with van der Waals surface area (Å²) < 4.78 is 0. The summed E-state index contributed by atoms with van der Waals surface area (Å²) in [5.74, 6) is 0. The van der Waals surface area contributed by atoms with Crippen molar-refractivity contribution < 1.29 is 4.79 Å². The van der Waals surface area contributed by atoms with Crippen LogP contribution in [0.2, 0.25) is 0 Å².